The first-order chi connectivity index (χ1) is 9.19. The zero-order chi connectivity index (χ0) is 13.7. The molecule has 0 saturated heterocycles. The summed E-state index contributed by atoms with van der Waals surface area (Å²) in [6.45, 7) is 0. The largest absolute Gasteiger partial charge is 0.481 e. The highest BCUT2D eigenvalue weighted by atomic mass is 16.4. The lowest BCUT2D eigenvalue weighted by Gasteiger charge is -2.15. The van der Waals surface area contributed by atoms with Gasteiger partial charge in [-0.1, -0.05) is 24.3 Å². The van der Waals surface area contributed by atoms with Crippen LogP contribution in [0.4, 0.5) is 0 Å². The maximum atomic E-state index is 10.6. The minimum atomic E-state index is -0.832. The molecule has 19 heavy (non-hydrogen) atoms. The molecule has 1 aliphatic carbocycles. The van der Waals surface area contributed by atoms with Gasteiger partial charge in [0.25, 0.3) is 0 Å². The molecule has 1 fully saturated rings. The van der Waals surface area contributed by atoms with Crippen LogP contribution in [0.1, 0.15) is 42.7 Å². The first kappa shape index (κ1) is 13.6. The third kappa shape index (κ3) is 4.39. The average Bonchev–Trinajstić information content (AvgIpc) is 3.21. The Labute approximate surface area is 112 Å². The Morgan fingerprint density at radius 2 is 2.05 bits per heavy atom. The third-order valence-corrected chi connectivity index (χ3v) is 3.52. The van der Waals surface area contributed by atoms with E-state index in [0.717, 1.165) is 11.5 Å². The Hall–Kier alpha value is -1.84. The molecular formula is C15H19NO3. The second kappa shape index (κ2) is 6.36. The van der Waals surface area contributed by atoms with E-state index >= 15 is 0 Å². The molecule has 1 aliphatic rings. The molecule has 0 bridgehead atoms. The summed E-state index contributed by atoms with van der Waals surface area (Å²) in [6, 6.07) is 8.33. The van der Waals surface area contributed by atoms with E-state index in [1.54, 1.807) is 0 Å². The number of carboxylic acid groups (broad SMARTS) is 1. The zero-order valence-electron chi connectivity index (χ0n) is 10.8. The minimum absolute atomic E-state index is 0.0751. The molecule has 4 nitrogen and oxygen atoms in total. The Balaban J connectivity index is 1.90. The number of hydrogen-bond acceptors (Lipinski definition) is 2. The molecule has 0 spiro atoms. The van der Waals surface area contributed by atoms with Crippen molar-refractivity contribution in [2.24, 2.45) is 0 Å². The highest BCUT2D eigenvalue weighted by Gasteiger charge is 2.23. The Morgan fingerprint density at radius 3 is 2.58 bits per heavy atom. The van der Waals surface area contributed by atoms with E-state index in [2.05, 4.69) is 29.6 Å². The summed E-state index contributed by atoms with van der Waals surface area (Å²) in [5, 5.41) is 11.4. The van der Waals surface area contributed by atoms with Gasteiger partial charge in [0.15, 0.2) is 0 Å². The van der Waals surface area contributed by atoms with Crippen LogP contribution in [-0.2, 0) is 16.0 Å². The smallest absolute Gasteiger partial charge is 0.303 e. The van der Waals surface area contributed by atoms with E-state index in [1.165, 1.54) is 18.4 Å². The molecule has 1 amide bonds. The third-order valence-electron chi connectivity index (χ3n) is 3.52. The Morgan fingerprint density at radius 1 is 1.37 bits per heavy atom. The summed E-state index contributed by atoms with van der Waals surface area (Å²) < 4.78 is 0. The molecule has 1 aromatic rings. The highest BCUT2D eigenvalue weighted by Crippen LogP contribution is 2.39. The number of aliphatic carboxylic acids is 1. The molecule has 1 atom stereocenters. The number of nitrogens with one attached hydrogen (secondary N) is 1. The van der Waals surface area contributed by atoms with Crippen molar-refractivity contribution in [2.75, 3.05) is 0 Å². The van der Waals surface area contributed by atoms with Crippen LogP contribution in [0.2, 0.25) is 0 Å². The molecule has 2 N–H and O–H groups in total. The van der Waals surface area contributed by atoms with Crippen LogP contribution in [0.3, 0.4) is 0 Å². The number of carbonyl (C=O) groups is 2. The maximum Gasteiger partial charge on any atom is 0.303 e. The summed E-state index contributed by atoms with van der Waals surface area (Å²) in [6.07, 6.45) is 4.42. The van der Waals surface area contributed by atoms with Crippen LogP contribution in [0.25, 0.3) is 0 Å². The summed E-state index contributed by atoms with van der Waals surface area (Å²) in [5.41, 5.74) is 2.52. The molecule has 0 aliphatic heterocycles. The summed E-state index contributed by atoms with van der Waals surface area (Å²) in [5.74, 6) is -0.0910. The first-order valence-electron chi connectivity index (χ1n) is 6.69. The van der Waals surface area contributed by atoms with Crippen molar-refractivity contribution in [3.63, 3.8) is 0 Å². The molecule has 0 heterocycles. The lowest BCUT2D eigenvalue weighted by Crippen LogP contribution is -2.30. The lowest BCUT2D eigenvalue weighted by atomic mass is 10.00. The van der Waals surface area contributed by atoms with Gasteiger partial charge in [-0.05, 0) is 42.7 Å². The quantitative estimate of drug-likeness (QED) is 0.704. The molecule has 2 rings (SSSR count). The second-order valence-corrected chi connectivity index (χ2v) is 5.13. The van der Waals surface area contributed by atoms with Gasteiger partial charge in [-0.2, -0.15) is 0 Å². The number of benzene rings is 1. The summed E-state index contributed by atoms with van der Waals surface area (Å²) in [4.78, 5) is 21.1. The van der Waals surface area contributed by atoms with Gasteiger partial charge in [-0.3, -0.25) is 9.59 Å². The van der Waals surface area contributed by atoms with Crippen LogP contribution in [-0.4, -0.2) is 23.5 Å². The maximum absolute atomic E-state index is 10.6. The molecular weight excluding hydrogens is 242 g/mol. The second-order valence-electron chi connectivity index (χ2n) is 5.13. The topological polar surface area (TPSA) is 66.4 Å². The van der Waals surface area contributed by atoms with Crippen molar-refractivity contribution in [2.45, 2.75) is 44.1 Å². The van der Waals surface area contributed by atoms with Crippen molar-refractivity contribution < 1.29 is 14.7 Å². The van der Waals surface area contributed by atoms with Crippen molar-refractivity contribution in [3.05, 3.63) is 35.4 Å². The normalized spacial score (nSPS) is 15.8. The number of carbonyl (C=O) groups excluding carboxylic acids is 1. The van der Waals surface area contributed by atoms with Crippen LogP contribution in [0, 0.1) is 0 Å². The van der Waals surface area contributed by atoms with Gasteiger partial charge in [-0.15, -0.1) is 0 Å². The van der Waals surface area contributed by atoms with Crippen molar-refractivity contribution in [1.82, 2.24) is 5.32 Å². The van der Waals surface area contributed by atoms with Crippen LogP contribution >= 0.6 is 0 Å². The summed E-state index contributed by atoms with van der Waals surface area (Å²) >= 11 is 0. The number of amides is 1. The van der Waals surface area contributed by atoms with Gasteiger partial charge < -0.3 is 10.4 Å². The van der Waals surface area contributed by atoms with Gasteiger partial charge in [0.1, 0.15) is 0 Å². The van der Waals surface area contributed by atoms with Gasteiger partial charge in [0, 0.05) is 12.5 Å². The molecule has 1 aromatic carbocycles. The van der Waals surface area contributed by atoms with Gasteiger partial charge >= 0.3 is 5.97 Å². The van der Waals surface area contributed by atoms with Gasteiger partial charge in [0.05, 0.1) is 0 Å². The van der Waals surface area contributed by atoms with Crippen molar-refractivity contribution in [1.29, 1.82) is 0 Å². The number of carboxylic acids is 1. The number of hydrogen-bond donors (Lipinski definition) is 2. The van der Waals surface area contributed by atoms with Crippen LogP contribution in [0.5, 0.6) is 0 Å². The molecule has 1 unspecified atom stereocenters. The SMILES string of the molecule is O=CNC(CCC(=O)O)Cc1ccc(C2CC2)cc1. The van der Waals surface area contributed by atoms with E-state index in [1.807, 2.05) is 0 Å². The average molecular weight is 261 g/mol. The Bertz CT molecular complexity index is 437. The molecule has 4 heteroatoms. The fourth-order valence-electron chi connectivity index (χ4n) is 2.27. The van der Waals surface area contributed by atoms with Crippen molar-refractivity contribution >= 4 is 12.4 Å². The molecule has 0 radical (unpaired) electrons. The predicted octanol–water partition coefficient (Wildman–Crippen LogP) is 2.09. The monoisotopic (exact) mass is 261 g/mol. The van der Waals surface area contributed by atoms with E-state index in [4.69, 9.17) is 5.11 Å². The Kier molecular flexibility index (Phi) is 4.55. The van der Waals surface area contributed by atoms with Crippen LogP contribution in [0.15, 0.2) is 24.3 Å². The van der Waals surface area contributed by atoms with E-state index in [9.17, 15) is 9.59 Å². The highest BCUT2D eigenvalue weighted by molar-refractivity contribution is 5.66. The zero-order valence-corrected chi connectivity index (χ0v) is 10.8. The van der Waals surface area contributed by atoms with Gasteiger partial charge in [-0.25, -0.2) is 0 Å². The standard InChI is InChI=1S/C15H19NO3/c17-10-16-14(7-8-15(18)19)9-11-1-3-12(4-2-11)13-5-6-13/h1-4,10,13-14H,5-9H2,(H,16,17)(H,18,19). The molecule has 0 aromatic heterocycles. The van der Waals surface area contributed by atoms with E-state index < -0.39 is 5.97 Å². The van der Waals surface area contributed by atoms with Crippen molar-refractivity contribution in [3.8, 4) is 0 Å². The minimum Gasteiger partial charge on any atom is -0.481 e. The summed E-state index contributed by atoms with van der Waals surface area (Å²) in [7, 11) is 0. The molecule has 102 valence electrons. The molecule has 1 saturated carbocycles. The van der Waals surface area contributed by atoms with E-state index in [0.29, 0.717) is 19.3 Å². The van der Waals surface area contributed by atoms with Crippen LogP contribution < -0.4 is 5.32 Å². The predicted molar refractivity (Wildman–Crippen MR) is 72.0 cm³/mol. The first-order valence-corrected chi connectivity index (χ1v) is 6.69. The van der Waals surface area contributed by atoms with E-state index in [-0.39, 0.29) is 12.5 Å². The number of rotatable bonds is 8. The van der Waals surface area contributed by atoms with Gasteiger partial charge in [0.2, 0.25) is 6.41 Å². The fourth-order valence-corrected chi connectivity index (χ4v) is 2.27. The lowest BCUT2D eigenvalue weighted by molar-refractivity contribution is -0.137. The fraction of sp³-hybridized carbons (Fsp3) is 0.467.